The van der Waals surface area contributed by atoms with Crippen LogP contribution in [0.15, 0.2) is 18.2 Å². The first-order valence-corrected chi connectivity index (χ1v) is 9.19. The fourth-order valence-corrected chi connectivity index (χ4v) is 3.73. The fraction of sp³-hybridized carbons (Fsp3) is 0.500. The molecule has 0 aliphatic carbocycles. The molecule has 1 aliphatic heterocycles. The molecule has 0 bridgehead atoms. The van der Waals surface area contributed by atoms with Crippen molar-refractivity contribution < 1.29 is 14.3 Å². The van der Waals surface area contributed by atoms with E-state index in [1.807, 2.05) is 39.0 Å². The summed E-state index contributed by atoms with van der Waals surface area (Å²) in [5.41, 5.74) is 1.13. The average Bonchev–Trinajstić information content (AvgIpc) is 2.96. The summed E-state index contributed by atoms with van der Waals surface area (Å²) in [5, 5.41) is 0.930. The van der Waals surface area contributed by atoms with Crippen molar-refractivity contribution in [3.05, 3.63) is 23.8 Å². The zero-order valence-electron chi connectivity index (χ0n) is 15.0. The molecule has 3 rings (SSSR count). The third-order valence-electron chi connectivity index (χ3n) is 3.99. The van der Waals surface area contributed by atoms with Gasteiger partial charge in [0.15, 0.2) is 10.9 Å². The molecule has 1 aromatic heterocycles. The van der Waals surface area contributed by atoms with Gasteiger partial charge in [-0.05, 0) is 45.9 Å². The zero-order valence-corrected chi connectivity index (χ0v) is 15.9. The summed E-state index contributed by atoms with van der Waals surface area (Å²) in [4.78, 5) is 32.2. The number of aromatic nitrogens is 1. The van der Waals surface area contributed by atoms with E-state index in [1.165, 1.54) is 0 Å². The Hall–Kier alpha value is -2.15. The molecule has 1 saturated heterocycles. The minimum atomic E-state index is -0.477. The van der Waals surface area contributed by atoms with Crippen molar-refractivity contribution in [1.29, 1.82) is 0 Å². The predicted molar refractivity (Wildman–Crippen MR) is 99.6 cm³/mol. The highest BCUT2D eigenvalue weighted by Gasteiger charge is 2.27. The van der Waals surface area contributed by atoms with E-state index in [0.29, 0.717) is 18.7 Å². The lowest BCUT2D eigenvalue weighted by molar-refractivity contribution is 0.0240. The van der Waals surface area contributed by atoms with Crippen LogP contribution in [-0.4, -0.2) is 53.5 Å². The van der Waals surface area contributed by atoms with Crippen LogP contribution in [0.2, 0.25) is 0 Å². The quantitative estimate of drug-likeness (QED) is 0.766. The minimum absolute atomic E-state index is 0.0582. The number of ether oxygens (including phenoxy) is 1. The number of hydrogen-bond donors (Lipinski definition) is 0. The van der Waals surface area contributed by atoms with Crippen molar-refractivity contribution in [1.82, 2.24) is 9.88 Å². The number of rotatable bonds is 2. The molecule has 2 heterocycles. The lowest BCUT2D eigenvalue weighted by Crippen LogP contribution is -2.50. The van der Waals surface area contributed by atoms with E-state index in [-0.39, 0.29) is 11.9 Å². The van der Waals surface area contributed by atoms with Gasteiger partial charge in [-0.1, -0.05) is 11.3 Å². The highest BCUT2D eigenvalue weighted by atomic mass is 32.1. The lowest BCUT2D eigenvalue weighted by Gasteiger charge is -2.35. The van der Waals surface area contributed by atoms with E-state index in [0.717, 1.165) is 28.4 Å². The monoisotopic (exact) mass is 361 g/mol. The summed E-state index contributed by atoms with van der Waals surface area (Å²) in [6.07, 6.45) is -0.262. The number of hydrogen-bond acceptors (Lipinski definition) is 6. The highest BCUT2D eigenvalue weighted by molar-refractivity contribution is 7.22. The van der Waals surface area contributed by atoms with Crippen LogP contribution in [0.3, 0.4) is 0 Å². The number of nitrogens with zero attached hydrogens (tertiary/aromatic N) is 3. The van der Waals surface area contributed by atoms with Gasteiger partial charge in [0.1, 0.15) is 5.60 Å². The summed E-state index contributed by atoms with van der Waals surface area (Å²) < 4.78 is 6.44. The van der Waals surface area contributed by atoms with Crippen molar-refractivity contribution >= 4 is 38.6 Å². The standard InChI is InChI=1S/C18H23N3O3S/c1-12(22)13-5-6-14-15(11-13)25-16(19-14)20-7-9-21(10-8-20)17(23)24-18(2,3)4/h5-6,11H,7-10H2,1-4H3. The maximum absolute atomic E-state index is 12.1. The third-order valence-corrected chi connectivity index (χ3v) is 5.06. The predicted octanol–water partition coefficient (Wildman–Crippen LogP) is 3.56. The Morgan fingerprint density at radius 1 is 1.16 bits per heavy atom. The molecule has 0 saturated carbocycles. The first kappa shape index (κ1) is 17.7. The summed E-state index contributed by atoms with van der Waals surface area (Å²) in [6, 6.07) is 5.60. The van der Waals surface area contributed by atoms with Gasteiger partial charge in [-0.2, -0.15) is 0 Å². The molecular weight excluding hydrogens is 338 g/mol. The molecule has 0 radical (unpaired) electrons. The van der Waals surface area contributed by atoms with Gasteiger partial charge in [-0.3, -0.25) is 4.79 Å². The molecule has 2 aromatic rings. The summed E-state index contributed by atoms with van der Waals surface area (Å²) in [7, 11) is 0. The molecule has 0 N–H and O–H groups in total. The van der Waals surface area contributed by atoms with Crippen LogP contribution >= 0.6 is 11.3 Å². The number of fused-ring (bicyclic) bond motifs is 1. The number of carbonyl (C=O) groups is 2. The number of piperazine rings is 1. The van der Waals surface area contributed by atoms with Crippen LogP contribution in [0.5, 0.6) is 0 Å². The molecule has 6 nitrogen and oxygen atoms in total. The normalized spacial score (nSPS) is 15.5. The van der Waals surface area contributed by atoms with Crippen molar-refractivity contribution in [3.63, 3.8) is 0 Å². The van der Waals surface area contributed by atoms with E-state index in [2.05, 4.69) is 9.88 Å². The second-order valence-corrected chi connectivity index (χ2v) is 8.20. The molecule has 1 aliphatic rings. The zero-order chi connectivity index (χ0) is 18.2. The minimum Gasteiger partial charge on any atom is -0.444 e. The molecule has 134 valence electrons. The summed E-state index contributed by atoms with van der Waals surface area (Å²) in [6.45, 7) is 9.86. The van der Waals surface area contributed by atoms with Crippen molar-refractivity contribution in [2.75, 3.05) is 31.1 Å². The Kier molecular flexibility index (Phi) is 4.69. The summed E-state index contributed by atoms with van der Waals surface area (Å²) >= 11 is 1.58. The average molecular weight is 361 g/mol. The Labute approximate surface area is 151 Å². The Morgan fingerprint density at radius 2 is 1.84 bits per heavy atom. The van der Waals surface area contributed by atoms with E-state index < -0.39 is 5.60 Å². The van der Waals surface area contributed by atoms with Crippen LogP contribution in [0.4, 0.5) is 9.93 Å². The lowest BCUT2D eigenvalue weighted by atomic mass is 10.1. The highest BCUT2D eigenvalue weighted by Crippen LogP contribution is 2.30. The topological polar surface area (TPSA) is 62.7 Å². The Morgan fingerprint density at radius 3 is 2.44 bits per heavy atom. The second-order valence-electron chi connectivity index (χ2n) is 7.19. The number of anilines is 1. The van der Waals surface area contributed by atoms with Gasteiger partial charge in [0.25, 0.3) is 0 Å². The maximum Gasteiger partial charge on any atom is 0.410 e. The third kappa shape index (κ3) is 4.10. The summed E-state index contributed by atoms with van der Waals surface area (Å²) in [5.74, 6) is 0.0582. The number of Topliss-reactive ketones (excluding diaryl/α,β-unsaturated/α-hetero) is 1. The van der Waals surface area contributed by atoms with Crippen LogP contribution in [-0.2, 0) is 4.74 Å². The number of benzene rings is 1. The van der Waals surface area contributed by atoms with Gasteiger partial charge in [0.05, 0.1) is 10.2 Å². The van der Waals surface area contributed by atoms with Crippen molar-refractivity contribution in [2.45, 2.75) is 33.3 Å². The van der Waals surface area contributed by atoms with Crippen molar-refractivity contribution in [3.8, 4) is 0 Å². The van der Waals surface area contributed by atoms with Crippen LogP contribution in [0, 0.1) is 0 Å². The van der Waals surface area contributed by atoms with Crippen LogP contribution in [0.25, 0.3) is 10.2 Å². The van der Waals surface area contributed by atoms with Crippen LogP contribution in [0.1, 0.15) is 38.1 Å². The fourth-order valence-electron chi connectivity index (χ4n) is 2.67. The van der Waals surface area contributed by atoms with Gasteiger partial charge >= 0.3 is 6.09 Å². The van der Waals surface area contributed by atoms with Gasteiger partial charge in [0.2, 0.25) is 0 Å². The number of ketones is 1. The van der Waals surface area contributed by atoms with Gasteiger partial charge in [-0.25, -0.2) is 9.78 Å². The van der Waals surface area contributed by atoms with E-state index in [9.17, 15) is 9.59 Å². The van der Waals surface area contributed by atoms with Gasteiger partial charge in [0, 0.05) is 31.7 Å². The molecular formula is C18H23N3O3S. The molecule has 7 heteroatoms. The molecule has 0 unspecified atom stereocenters. The van der Waals surface area contributed by atoms with Gasteiger partial charge < -0.3 is 14.5 Å². The Balaban J connectivity index is 1.67. The Bertz CT molecular complexity index is 801. The molecule has 0 atom stereocenters. The van der Waals surface area contributed by atoms with Crippen LogP contribution < -0.4 is 4.90 Å². The first-order chi connectivity index (χ1) is 11.7. The molecule has 0 spiro atoms. The molecule has 1 aromatic carbocycles. The molecule has 1 amide bonds. The second kappa shape index (κ2) is 6.63. The molecule has 1 fully saturated rings. The number of thiazole rings is 1. The largest absolute Gasteiger partial charge is 0.444 e. The smallest absolute Gasteiger partial charge is 0.410 e. The maximum atomic E-state index is 12.1. The first-order valence-electron chi connectivity index (χ1n) is 8.37. The number of carbonyl (C=O) groups excluding carboxylic acids is 2. The van der Waals surface area contributed by atoms with Gasteiger partial charge in [-0.15, -0.1) is 0 Å². The molecule has 25 heavy (non-hydrogen) atoms. The van der Waals surface area contributed by atoms with E-state index in [4.69, 9.17) is 4.74 Å². The SMILES string of the molecule is CC(=O)c1ccc2nc(N3CCN(C(=O)OC(C)(C)C)CC3)sc2c1. The van der Waals surface area contributed by atoms with E-state index >= 15 is 0 Å². The van der Waals surface area contributed by atoms with Crippen molar-refractivity contribution in [2.24, 2.45) is 0 Å². The van der Waals surface area contributed by atoms with E-state index in [1.54, 1.807) is 23.2 Å². The number of amides is 1.